The molecular formula is C26H17NS. The number of hydrogen-bond donors (Lipinski definition) is 1. The fourth-order valence-electron chi connectivity index (χ4n) is 4.07. The quantitative estimate of drug-likeness (QED) is 0.322. The summed E-state index contributed by atoms with van der Waals surface area (Å²) in [6.45, 7) is 0. The van der Waals surface area contributed by atoms with E-state index in [1.165, 1.54) is 41.7 Å². The molecule has 6 aromatic rings. The van der Waals surface area contributed by atoms with Gasteiger partial charge in [-0.05, 0) is 35.0 Å². The third-order valence-corrected chi connectivity index (χ3v) is 6.63. The van der Waals surface area contributed by atoms with Crippen molar-refractivity contribution in [3.8, 4) is 0 Å². The molecule has 1 aromatic heterocycles. The van der Waals surface area contributed by atoms with Crippen LogP contribution in [0.5, 0.6) is 0 Å². The molecule has 0 unspecified atom stereocenters. The Bertz CT molecular complexity index is 1490. The lowest BCUT2D eigenvalue weighted by Crippen LogP contribution is -1.92. The second-order valence-electron chi connectivity index (χ2n) is 7.13. The van der Waals surface area contributed by atoms with Crippen LogP contribution in [0.2, 0.25) is 0 Å². The zero-order valence-corrected chi connectivity index (χ0v) is 16.0. The molecule has 0 amide bonds. The Morgan fingerprint density at radius 2 is 1.25 bits per heavy atom. The van der Waals surface area contributed by atoms with E-state index in [0.717, 1.165) is 11.4 Å². The van der Waals surface area contributed by atoms with Crippen LogP contribution in [-0.2, 0) is 0 Å². The molecule has 5 aromatic carbocycles. The minimum absolute atomic E-state index is 1.11. The first-order valence-electron chi connectivity index (χ1n) is 9.46. The number of anilines is 2. The van der Waals surface area contributed by atoms with Gasteiger partial charge in [0, 0.05) is 42.3 Å². The Labute approximate surface area is 166 Å². The van der Waals surface area contributed by atoms with Crippen LogP contribution >= 0.6 is 11.3 Å². The molecule has 0 fully saturated rings. The molecule has 6 rings (SSSR count). The van der Waals surface area contributed by atoms with E-state index < -0.39 is 0 Å². The van der Waals surface area contributed by atoms with Crippen LogP contribution in [0.1, 0.15) is 0 Å². The van der Waals surface area contributed by atoms with Crippen LogP contribution in [0.25, 0.3) is 41.7 Å². The van der Waals surface area contributed by atoms with E-state index >= 15 is 0 Å². The number of nitrogens with one attached hydrogen (secondary N) is 1. The second kappa shape index (κ2) is 6.08. The van der Waals surface area contributed by atoms with Gasteiger partial charge in [-0.3, -0.25) is 0 Å². The van der Waals surface area contributed by atoms with Gasteiger partial charge in [-0.15, -0.1) is 11.3 Å². The number of fused-ring (bicyclic) bond motifs is 6. The van der Waals surface area contributed by atoms with Gasteiger partial charge in [-0.1, -0.05) is 72.8 Å². The highest BCUT2D eigenvalue weighted by Gasteiger charge is 2.12. The van der Waals surface area contributed by atoms with Gasteiger partial charge in [0.2, 0.25) is 0 Å². The van der Waals surface area contributed by atoms with Crippen LogP contribution in [0.4, 0.5) is 11.4 Å². The number of rotatable bonds is 2. The molecule has 0 radical (unpaired) electrons. The fourth-order valence-corrected chi connectivity index (χ4v) is 5.29. The molecule has 0 aliphatic heterocycles. The summed E-state index contributed by atoms with van der Waals surface area (Å²) < 4.78 is 2.70. The summed E-state index contributed by atoms with van der Waals surface area (Å²) >= 11 is 1.88. The van der Waals surface area contributed by atoms with Gasteiger partial charge in [0.25, 0.3) is 0 Å². The maximum absolute atomic E-state index is 3.69. The highest BCUT2D eigenvalue weighted by Crippen LogP contribution is 2.42. The third kappa shape index (κ3) is 2.39. The summed E-state index contributed by atoms with van der Waals surface area (Å²) in [4.78, 5) is 0. The predicted molar refractivity (Wildman–Crippen MR) is 124 cm³/mol. The predicted octanol–water partition coefficient (Wildman–Crippen LogP) is 8.10. The Hall–Kier alpha value is -3.36. The molecule has 0 atom stereocenters. The van der Waals surface area contributed by atoms with Crippen molar-refractivity contribution in [2.24, 2.45) is 0 Å². The molecule has 0 aliphatic carbocycles. The standard InChI is InChI=1S/C26H17NS/c1-2-8-18-15-19(14-13-17(18)7-1)27-24-16-23-21-10-5-6-12-25(21)28-26(23)22-11-4-3-9-20(22)24/h1-16,27H. The van der Waals surface area contributed by atoms with E-state index in [0.29, 0.717) is 0 Å². The topological polar surface area (TPSA) is 12.0 Å². The van der Waals surface area contributed by atoms with Gasteiger partial charge >= 0.3 is 0 Å². The van der Waals surface area contributed by atoms with E-state index in [9.17, 15) is 0 Å². The average molecular weight is 375 g/mol. The summed E-state index contributed by atoms with van der Waals surface area (Å²) in [5.41, 5.74) is 2.27. The Kier molecular flexibility index (Phi) is 3.40. The maximum atomic E-state index is 3.69. The maximum Gasteiger partial charge on any atom is 0.0471 e. The first-order valence-corrected chi connectivity index (χ1v) is 10.3. The van der Waals surface area contributed by atoms with Crippen molar-refractivity contribution >= 4 is 64.4 Å². The normalized spacial score (nSPS) is 11.6. The molecule has 0 saturated heterocycles. The van der Waals surface area contributed by atoms with Crippen molar-refractivity contribution in [1.29, 1.82) is 0 Å². The van der Waals surface area contributed by atoms with E-state index in [4.69, 9.17) is 0 Å². The summed E-state index contributed by atoms with van der Waals surface area (Å²) in [6.07, 6.45) is 0. The molecule has 0 spiro atoms. The Morgan fingerprint density at radius 1 is 0.536 bits per heavy atom. The molecular weight excluding hydrogens is 358 g/mol. The van der Waals surface area contributed by atoms with Crippen molar-refractivity contribution in [1.82, 2.24) is 0 Å². The van der Waals surface area contributed by atoms with E-state index in [1.807, 2.05) is 11.3 Å². The average Bonchev–Trinajstić information content (AvgIpc) is 3.13. The van der Waals surface area contributed by atoms with Gasteiger partial charge in [0.05, 0.1) is 0 Å². The minimum atomic E-state index is 1.11. The molecule has 0 saturated carbocycles. The van der Waals surface area contributed by atoms with Crippen molar-refractivity contribution in [3.63, 3.8) is 0 Å². The van der Waals surface area contributed by atoms with Crippen LogP contribution in [0.3, 0.4) is 0 Å². The lowest BCUT2D eigenvalue weighted by molar-refractivity contribution is 1.62. The summed E-state index contributed by atoms with van der Waals surface area (Å²) in [7, 11) is 0. The second-order valence-corrected chi connectivity index (χ2v) is 8.18. The number of hydrogen-bond acceptors (Lipinski definition) is 2. The van der Waals surface area contributed by atoms with E-state index in [-0.39, 0.29) is 0 Å². The largest absolute Gasteiger partial charge is 0.355 e. The number of benzene rings is 5. The smallest absolute Gasteiger partial charge is 0.0471 e. The zero-order valence-electron chi connectivity index (χ0n) is 15.1. The first-order chi connectivity index (χ1) is 13.9. The Morgan fingerprint density at radius 3 is 2.14 bits per heavy atom. The zero-order chi connectivity index (χ0) is 18.5. The summed E-state index contributed by atoms with van der Waals surface area (Å²) in [5, 5.41) is 11.4. The number of thiophene rings is 1. The monoisotopic (exact) mass is 375 g/mol. The van der Waals surface area contributed by atoms with Gasteiger partial charge in [0.15, 0.2) is 0 Å². The van der Waals surface area contributed by atoms with E-state index in [2.05, 4.69) is 102 Å². The molecule has 28 heavy (non-hydrogen) atoms. The lowest BCUT2D eigenvalue weighted by Gasteiger charge is -2.12. The summed E-state index contributed by atoms with van der Waals surface area (Å²) in [6, 6.07) is 34.7. The SMILES string of the molecule is c1ccc2cc(Nc3cc4c5ccccc5sc4c4ccccc34)ccc2c1. The molecule has 0 aliphatic rings. The molecule has 2 heteroatoms. The van der Waals surface area contributed by atoms with Crippen LogP contribution < -0.4 is 5.32 Å². The van der Waals surface area contributed by atoms with Crippen molar-refractivity contribution in [2.75, 3.05) is 5.32 Å². The van der Waals surface area contributed by atoms with Crippen LogP contribution in [0.15, 0.2) is 97.1 Å². The highest BCUT2D eigenvalue weighted by molar-refractivity contribution is 7.26. The summed E-state index contributed by atoms with van der Waals surface area (Å²) in [5.74, 6) is 0. The van der Waals surface area contributed by atoms with Gasteiger partial charge in [-0.2, -0.15) is 0 Å². The highest BCUT2D eigenvalue weighted by atomic mass is 32.1. The van der Waals surface area contributed by atoms with Gasteiger partial charge in [-0.25, -0.2) is 0 Å². The van der Waals surface area contributed by atoms with Gasteiger partial charge in [0.1, 0.15) is 0 Å². The van der Waals surface area contributed by atoms with Gasteiger partial charge < -0.3 is 5.32 Å². The van der Waals surface area contributed by atoms with Crippen LogP contribution in [-0.4, -0.2) is 0 Å². The molecule has 132 valence electrons. The fraction of sp³-hybridized carbons (Fsp3) is 0. The van der Waals surface area contributed by atoms with Crippen molar-refractivity contribution in [3.05, 3.63) is 97.1 Å². The van der Waals surface area contributed by atoms with Crippen molar-refractivity contribution in [2.45, 2.75) is 0 Å². The third-order valence-electron chi connectivity index (χ3n) is 5.41. The van der Waals surface area contributed by atoms with E-state index in [1.54, 1.807) is 0 Å². The molecule has 1 N–H and O–H groups in total. The minimum Gasteiger partial charge on any atom is -0.355 e. The van der Waals surface area contributed by atoms with Crippen LogP contribution in [0, 0.1) is 0 Å². The lowest BCUT2D eigenvalue weighted by atomic mass is 10.0. The molecule has 1 heterocycles. The first kappa shape index (κ1) is 15.7. The molecule has 0 bridgehead atoms. The Balaban J connectivity index is 1.60. The van der Waals surface area contributed by atoms with Crippen molar-refractivity contribution < 1.29 is 0 Å². The molecule has 1 nitrogen and oxygen atoms in total.